The van der Waals surface area contributed by atoms with E-state index in [1.54, 1.807) is 12.4 Å². The first-order valence-electron chi connectivity index (χ1n) is 6.89. The first-order chi connectivity index (χ1) is 9.29. The van der Waals surface area contributed by atoms with Crippen LogP contribution in [0, 0.1) is 0 Å². The molecular formula is C14H22N4O. The molecule has 0 atom stereocenters. The zero-order valence-corrected chi connectivity index (χ0v) is 11.5. The Balaban J connectivity index is 1.86. The number of carbonyl (C=O) groups excluding carboxylic acids is 1. The van der Waals surface area contributed by atoms with E-state index in [2.05, 4.69) is 22.1 Å². The zero-order chi connectivity index (χ0) is 13.5. The van der Waals surface area contributed by atoms with Gasteiger partial charge in [-0.25, -0.2) is 0 Å². The van der Waals surface area contributed by atoms with E-state index < -0.39 is 0 Å². The summed E-state index contributed by atoms with van der Waals surface area (Å²) < 4.78 is 0. The summed E-state index contributed by atoms with van der Waals surface area (Å²) in [5.74, 6) is 0.234. The van der Waals surface area contributed by atoms with Gasteiger partial charge >= 0.3 is 0 Å². The summed E-state index contributed by atoms with van der Waals surface area (Å²) in [6.45, 7) is 7.73. The van der Waals surface area contributed by atoms with E-state index >= 15 is 0 Å². The molecule has 1 aromatic heterocycles. The Morgan fingerprint density at radius 1 is 1.37 bits per heavy atom. The van der Waals surface area contributed by atoms with E-state index in [4.69, 9.17) is 0 Å². The molecule has 5 nitrogen and oxygen atoms in total. The third kappa shape index (κ3) is 4.29. The number of hydrogen-bond donors (Lipinski definition) is 1. The van der Waals surface area contributed by atoms with Gasteiger partial charge in [0, 0.05) is 45.1 Å². The van der Waals surface area contributed by atoms with Crippen molar-refractivity contribution in [2.75, 3.05) is 39.3 Å². The molecule has 0 aliphatic carbocycles. The third-order valence-corrected chi connectivity index (χ3v) is 3.43. The van der Waals surface area contributed by atoms with E-state index in [0.29, 0.717) is 6.54 Å². The number of likely N-dealkylation sites (N-methyl/N-ethyl adjacent to an activating group) is 1. The second-order valence-electron chi connectivity index (χ2n) is 4.79. The minimum atomic E-state index is 0.234. The molecule has 5 heteroatoms. The predicted octanol–water partition coefficient (Wildman–Crippen LogP) is 0.335. The molecule has 0 saturated carbocycles. The second kappa shape index (κ2) is 7.21. The van der Waals surface area contributed by atoms with Crippen LogP contribution in [0.4, 0.5) is 0 Å². The quantitative estimate of drug-likeness (QED) is 0.831. The van der Waals surface area contributed by atoms with Gasteiger partial charge in [0.25, 0.3) is 0 Å². The molecule has 1 amide bonds. The first-order valence-corrected chi connectivity index (χ1v) is 6.89. The van der Waals surface area contributed by atoms with E-state index in [-0.39, 0.29) is 5.91 Å². The van der Waals surface area contributed by atoms with Crippen molar-refractivity contribution in [3.63, 3.8) is 0 Å². The maximum atomic E-state index is 12.2. The Labute approximate surface area is 114 Å². The highest BCUT2D eigenvalue weighted by Crippen LogP contribution is 2.04. The lowest BCUT2D eigenvalue weighted by Crippen LogP contribution is -2.49. The topological polar surface area (TPSA) is 48.5 Å². The van der Waals surface area contributed by atoms with Gasteiger partial charge in [-0.05, 0) is 24.2 Å². The molecule has 0 unspecified atom stereocenters. The molecule has 0 aromatic carbocycles. The van der Waals surface area contributed by atoms with Crippen molar-refractivity contribution in [1.82, 2.24) is 20.1 Å². The lowest BCUT2D eigenvalue weighted by Gasteiger charge is -2.30. The molecule has 1 aliphatic rings. The van der Waals surface area contributed by atoms with Crippen LogP contribution in [-0.2, 0) is 11.3 Å². The van der Waals surface area contributed by atoms with Gasteiger partial charge in [0.1, 0.15) is 0 Å². The minimum Gasteiger partial charge on any atom is -0.339 e. The summed E-state index contributed by atoms with van der Waals surface area (Å²) in [4.78, 5) is 20.3. The minimum absolute atomic E-state index is 0.234. The van der Waals surface area contributed by atoms with Crippen LogP contribution in [0.25, 0.3) is 0 Å². The smallest absolute Gasteiger partial charge is 0.236 e. The molecule has 2 heterocycles. The highest BCUT2D eigenvalue weighted by Gasteiger charge is 2.18. The third-order valence-electron chi connectivity index (χ3n) is 3.43. The molecule has 1 fully saturated rings. The lowest BCUT2D eigenvalue weighted by molar-refractivity contribution is -0.133. The fourth-order valence-electron chi connectivity index (χ4n) is 2.23. The summed E-state index contributed by atoms with van der Waals surface area (Å²) >= 11 is 0. The van der Waals surface area contributed by atoms with Gasteiger partial charge < -0.3 is 10.2 Å². The molecule has 0 bridgehead atoms. The van der Waals surface area contributed by atoms with Gasteiger partial charge in [0.2, 0.25) is 5.91 Å². The molecule has 2 rings (SSSR count). The van der Waals surface area contributed by atoms with Crippen molar-refractivity contribution in [1.29, 1.82) is 0 Å². The van der Waals surface area contributed by atoms with Crippen LogP contribution < -0.4 is 5.32 Å². The molecule has 1 N–H and O–H groups in total. The van der Waals surface area contributed by atoms with Crippen LogP contribution in [0.5, 0.6) is 0 Å². The van der Waals surface area contributed by atoms with Gasteiger partial charge in [-0.1, -0.05) is 6.92 Å². The number of hydrogen-bond acceptors (Lipinski definition) is 4. The summed E-state index contributed by atoms with van der Waals surface area (Å²) in [7, 11) is 0. The number of amides is 1. The second-order valence-corrected chi connectivity index (χ2v) is 4.79. The van der Waals surface area contributed by atoms with Gasteiger partial charge in [-0.2, -0.15) is 0 Å². The van der Waals surface area contributed by atoms with Crippen LogP contribution >= 0.6 is 0 Å². The van der Waals surface area contributed by atoms with Gasteiger partial charge in [-0.3, -0.25) is 14.7 Å². The number of nitrogens with zero attached hydrogens (tertiary/aromatic N) is 3. The average Bonchev–Trinajstić information content (AvgIpc) is 2.48. The lowest BCUT2D eigenvalue weighted by atomic mass is 10.2. The first kappa shape index (κ1) is 14.0. The monoisotopic (exact) mass is 262 g/mol. The summed E-state index contributed by atoms with van der Waals surface area (Å²) in [5.41, 5.74) is 1.20. The molecule has 104 valence electrons. The van der Waals surface area contributed by atoms with Crippen LogP contribution in [0.1, 0.15) is 12.5 Å². The molecule has 1 saturated heterocycles. The summed E-state index contributed by atoms with van der Waals surface area (Å²) in [5, 5.41) is 3.26. The van der Waals surface area contributed by atoms with E-state index in [1.165, 1.54) is 5.56 Å². The highest BCUT2D eigenvalue weighted by molar-refractivity contribution is 5.78. The van der Waals surface area contributed by atoms with Crippen LogP contribution in [-0.4, -0.2) is 60.0 Å². The molecule has 0 spiro atoms. The number of piperazine rings is 1. The standard InChI is InChI=1S/C14H22N4O/c1-2-17(11-13-3-5-15-6-4-13)12-14(19)18-9-7-16-8-10-18/h3-6,16H,2,7-12H2,1H3. The van der Waals surface area contributed by atoms with Crippen molar-refractivity contribution < 1.29 is 4.79 Å². The Bertz CT molecular complexity index is 390. The molecule has 0 radical (unpaired) electrons. The highest BCUT2D eigenvalue weighted by atomic mass is 16.2. The van der Waals surface area contributed by atoms with Gasteiger partial charge in [0.15, 0.2) is 0 Å². The largest absolute Gasteiger partial charge is 0.339 e. The van der Waals surface area contributed by atoms with Crippen LogP contribution in [0.2, 0.25) is 0 Å². The number of rotatable bonds is 5. The van der Waals surface area contributed by atoms with E-state index in [0.717, 1.165) is 39.3 Å². The Hall–Kier alpha value is -1.46. The van der Waals surface area contributed by atoms with Crippen molar-refractivity contribution in [3.8, 4) is 0 Å². The van der Waals surface area contributed by atoms with Crippen molar-refractivity contribution in [3.05, 3.63) is 30.1 Å². The number of pyridine rings is 1. The summed E-state index contributed by atoms with van der Waals surface area (Å²) in [6, 6.07) is 4.00. The maximum absolute atomic E-state index is 12.2. The molecular weight excluding hydrogens is 240 g/mol. The van der Waals surface area contributed by atoms with Crippen molar-refractivity contribution in [2.45, 2.75) is 13.5 Å². The number of aromatic nitrogens is 1. The van der Waals surface area contributed by atoms with Crippen LogP contribution in [0.15, 0.2) is 24.5 Å². The summed E-state index contributed by atoms with van der Waals surface area (Å²) in [6.07, 6.45) is 3.59. The van der Waals surface area contributed by atoms with Crippen molar-refractivity contribution >= 4 is 5.91 Å². The molecule has 1 aromatic rings. The Kier molecular flexibility index (Phi) is 5.30. The number of carbonyl (C=O) groups is 1. The van der Waals surface area contributed by atoms with E-state index in [1.807, 2.05) is 17.0 Å². The Morgan fingerprint density at radius 2 is 2.05 bits per heavy atom. The maximum Gasteiger partial charge on any atom is 0.236 e. The molecule has 1 aliphatic heterocycles. The SMILES string of the molecule is CCN(CC(=O)N1CCNCC1)Cc1ccncc1. The Morgan fingerprint density at radius 3 is 2.68 bits per heavy atom. The van der Waals surface area contributed by atoms with Crippen LogP contribution in [0.3, 0.4) is 0 Å². The van der Waals surface area contributed by atoms with E-state index in [9.17, 15) is 4.79 Å². The van der Waals surface area contributed by atoms with Gasteiger partial charge in [-0.15, -0.1) is 0 Å². The fourth-order valence-corrected chi connectivity index (χ4v) is 2.23. The predicted molar refractivity (Wildman–Crippen MR) is 74.6 cm³/mol. The number of nitrogens with one attached hydrogen (secondary N) is 1. The zero-order valence-electron chi connectivity index (χ0n) is 11.5. The molecule has 19 heavy (non-hydrogen) atoms. The average molecular weight is 262 g/mol. The van der Waals surface area contributed by atoms with Gasteiger partial charge in [0.05, 0.1) is 6.54 Å². The fraction of sp³-hybridized carbons (Fsp3) is 0.571. The normalized spacial score (nSPS) is 15.8. The van der Waals surface area contributed by atoms with Crippen molar-refractivity contribution in [2.24, 2.45) is 0 Å².